The predicted molar refractivity (Wildman–Crippen MR) is 47.0 cm³/mol. The summed E-state index contributed by atoms with van der Waals surface area (Å²) in [7, 11) is 0. The van der Waals surface area contributed by atoms with E-state index in [0.29, 0.717) is 19.5 Å². The standard InChI is InChI=1S/C8H16N2O2/c1-3-8(12,7(2)11)10-5-4-9-6-10/h6-7,11-12H,3-5H2,1-2H3. The fraction of sp³-hybridized carbons (Fsp3) is 0.875. The van der Waals surface area contributed by atoms with Crippen LogP contribution in [0.2, 0.25) is 0 Å². The van der Waals surface area contributed by atoms with E-state index >= 15 is 0 Å². The van der Waals surface area contributed by atoms with Gasteiger partial charge in [-0.3, -0.25) is 4.99 Å². The van der Waals surface area contributed by atoms with Crippen LogP contribution >= 0.6 is 0 Å². The Labute approximate surface area is 72.5 Å². The Bertz CT molecular complexity index is 182. The van der Waals surface area contributed by atoms with Crippen molar-refractivity contribution in [2.75, 3.05) is 13.1 Å². The van der Waals surface area contributed by atoms with Crippen LogP contribution < -0.4 is 0 Å². The van der Waals surface area contributed by atoms with Crippen molar-refractivity contribution in [1.82, 2.24) is 4.90 Å². The van der Waals surface area contributed by atoms with Gasteiger partial charge in [0.2, 0.25) is 0 Å². The molecule has 0 aromatic rings. The first-order valence-corrected chi connectivity index (χ1v) is 4.28. The maximum absolute atomic E-state index is 9.98. The molecular weight excluding hydrogens is 156 g/mol. The molecule has 0 bridgehead atoms. The molecule has 2 atom stereocenters. The van der Waals surface area contributed by atoms with Crippen molar-refractivity contribution < 1.29 is 10.2 Å². The summed E-state index contributed by atoms with van der Waals surface area (Å²) in [4.78, 5) is 5.68. The van der Waals surface area contributed by atoms with Crippen molar-refractivity contribution in [2.45, 2.75) is 32.1 Å². The molecule has 4 heteroatoms. The van der Waals surface area contributed by atoms with Crippen molar-refractivity contribution in [3.8, 4) is 0 Å². The third-order valence-electron chi connectivity index (χ3n) is 2.38. The van der Waals surface area contributed by atoms with Crippen LogP contribution in [0.1, 0.15) is 20.3 Å². The second kappa shape index (κ2) is 3.41. The molecule has 0 aromatic carbocycles. The summed E-state index contributed by atoms with van der Waals surface area (Å²) in [5.74, 6) is 0. The van der Waals surface area contributed by atoms with E-state index in [2.05, 4.69) is 4.99 Å². The minimum atomic E-state index is -1.14. The average molecular weight is 172 g/mol. The van der Waals surface area contributed by atoms with Gasteiger partial charge in [-0.05, 0) is 13.3 Å². The summed E-state index contributed by atoms with van der Waals surface area (Å²) < 4.78 is 0. The number of aliphatic imine (C=N–C) groups is 1. The minimum Gasteiger partial charge on any atom is -0.388 e. The number of rotatable bonds is 3. The van der Waals surface area contributed by atoms with Gasteiger partial charge >= 0.3 is 0 Å². The van der Waals surface area contributed by atoms with Crippen molar-refractivity contribution in [1.29, 1.82) is 0 Å². The number of aliphatic hydroxyl groups is 2. The van der Waals surface area contributed by atoms with E-state index in [4.69, 9.17) is 0 Å². The summed E-state index contributed by atoms with van der Waals surface area (Å²) in [5.41, 5.74) is -1.14. The lowest BCUT2D eigenvalue weighted by atomic mass is 10.0. The molecule has 0 saturated carbocycles. The van der Waals surface area contributed by atoms with Crippen molar-refractivity contribution in [3.63, 3.8) is 0 Å². The highest BCUT2D eigenvalue weighted by Gasteiger charge is 2.37. The molecule has 0 aliphatic carbocycles. The normalized spacial score (nSPS) is 24.2. The first-order valence-electron chi connectivity index (χ1n) is 4.28. The Kier molecular flexibility index (Phi) is 2.69. The molecule has 12 heavy (non-hydrogen) atoms. The number of aliphatic hydroxyl groups excluding tert-OH is 1. The van der Waals surface area contributed by atoms with Crippen LogP contribution in [0.5, 0.6) is 0 Å². The highest BCUT2D eigenvalue weighted by atomic mass is 16.4. The average Bonchev–Trinajstić information content (AvgIpc) is 2.54. The van der Waals surface area contributed by atoms with Gasteiger partial charge in [0.1, 0.15) is 0 Å². The second-order valence-corrected chi connectivity index (χ2v) is 3.12. The minimum absolute atomic E-state index is 0.497. The SMILES string of the molecule is CCC(O)(C(C)O)N1C=NCC1. The lowest BCUT2D eigenvalue weighted by molar-refractivity contribution is -0.142. The van der Waals surface area contributed by atoms with Gasteiger partial charge in [-0.25, -0.2) is 0 Å². The van der Waals surface area contributed by atoms with Gasteiger partial charge in [0.25, 0.3) is 0 Å². The predicted octanol–water partition coefficient (Wildman–Crippen LogP) is -0.190. The first kappa shape index (κ1) is 9.48. The van der Waals surface area contributed by atoms with E-state index in [1.54, 1.807) is 18.2 Å². The highest BCUT2D eigenvalue weighted by molar-refractivity contribution is 5.58. The summed E-state index contributed by atoms with van der Waals surface area (Å²) >= 11 is 0. The van der Waals surface area contributed by atoms with Crippen molar-refractivity contribution in [2.24, 2.45) is 4.99 Å². The molecule has 0 spiro atoms. The van der Waals surface area contributed by atoms with Crippen LogP contribution in [0.25, 0.3) is 0 Å². The van der Waals surface area contributed by atoms with Crippen LogP contribution in [0.15, 0.2) is 4.99 Å². The highest BCUT2D eigenvalue weighted by Crippen LogP contribution is 2.20. The molecule has 0 radical (unpaired) electrons. The monoisotopic (exact) mass is 172 g/mol. The first-order chi connectivity index (χ1) is 5.61. The third kappa shape index (κ3) is 1.44. The van der Waals surface area contributed by atoms with Gasteiger partial charge in [-0.2, -0.15) is 0 Å². The number of nitrogens with zero attached hydrogens (tertiary/aromatic N) is 2. The fourth-order valence-electron chi connectivity index (χ4n) is 1.41. The summed E-state index contributed by atoms with van der Waals surface area (Å²) in [6, 6.07) is 0. The van der Waals surface area contributed by atoms with Crippen LogP contribution in [0.3, 0.4) is 0 Å². The molecule has 2 N–H and O–H groups in total. The van der Waals surface area contributed by atoms with E-state index in [1.807, 2.05) is 6.92 Å². The maximum atomic E-state index is 9.98. The molecule has 0 amide bonds. The van der Waals surface area contributed by atoms with E-state index in [-0.39, 0.29) is 0 Å². The zero-order chi connectivity index (χ0) is 9.19. The smallest absolute Gasteiger partial charge is 0.164 e. The quantitative estimate of drug-likeness (QED) is 0.620. The largest absolute Gasteiger partial charge is 0.388 e. The summed E-state index contributed by atoms with van der Waals surface area (Å²) in [5, 5.41) is 19.4. The van der Waals surface area contributed by atoms with Crippen LogP contribution in [-0.4, -0.2) is 46.4 Å². The molecule has 0 fully saturated rings. The van der Waals surface area contributed by atoms with Crippen LogP contribution in [0.4, 0.5) is 0 Å². The molecule has 70 valence electrons. The van der Waals surface area contributed by atoms with Crippen molar-refractivity contribution in [3.05, 3.63) is 0 Å². The third-order valence-corrected chi connectivity index (χ3v) is 2.38. The Hall–Kier alpha value is -0.610. The molecule has 2 unspecified atom stereocenters. The topological polar surface area (TPSA) is 56.1 Å². The zero-order valence-electron chi connectivity index (χ0n) is 7.56. The number of hydrogen-bond donors (Lipinski definition) is 2. The van der Waals surface area contributed by atoms with Crippen LogP contribution in [-0.2, 0) is 0 Å². The molecule has 0 aromatic heterocycles. The molecular formula is C8H16N2O2. The van der Waals surface area contributed by atoms with Gasteiger partial charge in [0, 0.05) is 6.54 Å². The van der Waals surface area contributed by atoms with E-state index < -0.39 is 11.8 Å². The van der Waals surface area contributed by atoms with Gasteiger partial charge in [0.15, 0.2) is 5.72 Å². The lowest BCUT2D eigenvalue weighted by Gasteiger charge is -2.38. The van der Waals surface area contributed by atoms with Gasteiger partial charge in [-0.15, -0.1) is 0 Å². The van der Waals surface area contributed by atoms with Gasteiger partial charge in [0.05, 0.1) is 19.0 Å². The molecule has 4 nitrogen and oxygen atoms in total. The van der Waals surface area contributed by atoms with Crippen LogP contribution in [0, 0.1) is 0 Å². The van der Waals surface area contributed by atoms with Gasteiger partial charge < -0.3 is 15.1 Å². The molecule has 1 aliphatic rings. The second-order valence-electron chi connectivity index (χ2n) is 3.12. The Morgan fingerprint density at radius 2 is 2.42 bits per heavy atom. The van der Waals surface area contributed by atoms with E-state index in [9.17, 15) is 10.2 Å². The Morgan fingerprint density at radius 3 is 2.75 bits per heavy atom. The fourth-order valence-corrected chi connectivity index (χ4v) is 1.41. The maximum Gasteiger partial charge on any atom is 0.164 e. The van der Waals surface area contributed by atoms with E-state index in [0.717, 1.165) is 0 Å². The number of hydrogen-bond acceptors (Lipinski definition) is 4. The molecule has 1 aliphatic heterocycles. The Morgan fingerprint density at radius 1 is 1.75 bits per heavy atom. The summed E-state index contributed by atoms with van der Waals surface area (Å²) in [6.07, 6.45) is 1.35. The van der Waals surface area contributed by atoms with Gasteiger partial charge in [-0.1, -0.05) is 6.92 Å². The zero-order valence-corrected chi connectivity index (χ0v) is 7.56. The summed E-state index contributed by atoms with van der Waals surface area (Å²) in [6.45, 7) is 4.83. The molecule has 1 heterocycles. The lowest BCUT2D eigenvalue weighted by Crippen LogP contribution is -2.54. The van der Waals surface area contributed by atoms with Crippen molar-refractivity contribution >= 4 is 6.34 Å². The Balaban J connectivity index is 2.71. The molecule has 0 saturated heterocycles. The van der Waals surface area contributed by atoms with E-state index in [1.165, 1.54) is 0 Å². The molecule has 1 rings (SSSR count).